The number of nitrogens with zero attached hydrogens (tertiary/aromatic N) is 1. The SMILES string of the molecule is CC(C)[C@H]1N[C@H]2CCC34C[C@]35C(=O)C[C@]3(C)[C@@H]([C@H](C)N(C)C)[C@H](O)C[C@@]3(C)[C@@H]5CC[C@H]4[C@]2(C)CO1. The van der Waals surface area contributed by atoms with Crippen LogP contribution in [0, 0.1) is 50.7 Å². The lowest BCUT2D eigenvalue weighted by molar-refractivity contribution is -0.194. The molecule has 1 heterocycles. The maximum absolute atomic E-state index is 14.4. The minimum atomic E-state index is -0.324. The first-order valence-electron chi connectivity index (χ1n) is 14.5. The lowest BCUT2D eigenvalue weighted by Crippen LogP contribution is -2.67. The van der Waals surface area contributed by atoms with E-state index in [2.05, 4.69) is 65.9 Å². The second-order valence-electron chi connectivity index (χ2n) is 15.2. The Labute approximate surface area is 213 Å². The van der Waals surface area contributed by atoms with Gasteiger partial charge in [-0.1, -0.05) is 34.6 Å². The number of hydrogen-bond donors (Lipinski definition) is 2. The van der Waals surface area contributed by atoms with E-state index < -0.39 is 0 Å². The van der Waals surface area contributed by atoms with Crippen LogP contribution < -0.4 is 5.32 Å². The van der Waals surface area contributed by atoms with E-state index in [0.717, 1.165) is 32.3 Å². The smallest absolute Gasteiger partial charge is 0.140 e. The number of ketones is 1. The topological polar surface area (TPSA) is 61.8 Å². The van der Waals surface area contributed by atoms with Crippen molar-refractivity contribution in [1.82, 2.24) is 10.2 Å². The molecular weight excluding hydrogens is 436 g/mol. The van der Waals surface area contributed by atoms with Gasteiger partial charge in [-0.25, -0.2) is 0 Å². The van der Waals surface area contributed by atoms with Gasteiger partial charge in [0, 0.05) is 35.3 Å². The van der Waals surface area contributed by atoms with Crippen LogP contribution in [-0.4, -0.2) is 60.9 Å². The molecule has 5 nitrogen and oxygen atoms in total. The van der Waals surface area contributed by atoms with E-state index in [9.17, 15) is 9.90 Å². The molecule has 198 valence electrons. The zero-order chi connectivity index (χ0) is 25.3. The second-order valence-corrected chi connectivity index (χ2v) is 15.2. The highest BCUT2D eigenvalue weighted by atomic mass is 16.5. The fraction of sp³-hybridized carbons (Fsp3) is 0.967. The number of carbonyl (C=O) groups is 1. The summed E-state index contributed by atoms with van der Waals surface area (Å²) in [7, 11) is 4.24. The number of rotatable bonds is 3. The molecule has 5 heteroatoms. The Morgan fingerprint density at radius 3 is 2.40 bits per heavy atom. The van der Waals surface area contributed by atoms with Crippen molar-refractivity contribution in [3.8, 4) is 0 Å². The van der Waals surface area contributed by atoms with Gasteiger partial charge in [-0.3, -0.25) is 10.1 Å². The molecule has 5 aliphatic carbocycles. The van der Waals surface area contributed by atoms with Crippen molar-refractivity contribution in [1.29, 1.82) is 0 Å². The second kappa shape index (κ2) is 7.33. The van der Waals surface area contributed by atoms with E-state index in [-0.39, 0.29) is 51.4 Å². The Hall–Kier alpha value is -0.490. The van der Waals surface area contributed by atoms with Crippen molar-refractivity contribution in [2.24, 2.45) is 50.7 Å². The van der Waals surface area contributed by atoms with Gasteiger partial charge in [0.05, 0.1) is 12.7 Å². The van der Waals surface area contributed by atoms with E-state index >= 15 is 0 Å². The number of aliphatic hydroxyl groups excluding tert-OH is 1. The molecule has 6 aliphatic rings. The van der Waals surface area contributed by atoms with Gasteiger partial charge in [-0.15, -0.1) is 0 Å². The highest BCUT2D eigenvalue weighted by molar-refractivity contribution is 5.92. The summed E-state index contributed by atoms with van der Waals surface area (Å²) in [4.78, 5) is 16.7. The minimum absolute atomic E-state index is 0.0194. The first-order chi connectivity index (χ1) is 16.3. The number of nitrogens with one attached hydrogen (secondary N) is 1. The van der Waals surface area contributed by atoms with Crippen LogP contribution in [0.1, 0.15) is 86.5 Å². The molecule has 2 spiro atoms. The van der Waals surface area contributed by atoms with Crippen molar-refractivity contribution in [3.63, 3.8) is 0 Å². The molecule has 1 unspecified atom stereocenters. The molecular formula is C30H50N2O3. The molecule has 5 saturated carbocycles. The normalized spacial score (nSPS) is 57.7. The predicted octanol–water partition coefficient (Wildman–Crippen LogP) is 4.48. The summed E-state index contributed by atoms with van der Waals surface area (Å²) in [6, 6.07) is 0.753. The molecule has 0 bridgehead atoms. The van der Waals surface area contributed by atoms with E-state index in [4.69, 9.17) is 4.74 Å². The maximum Gasteiger partial charge on any atom is 0.140 e. The lowest BCUT2D eigenvalue weighted by Gasteiger charge is -2.64. The number of carbonyl (C=O) groups excluding carboxylic acids is 1. The summed E-state index contributed by atoms with van der Waals surface area (Å²) in [5.41, 5.74) is 0.00107. The van der Waals surface area contributed by atoms with E-state index in [0.29, 0.717) is 36.0 Å². The summed E-state index contributed by atoms with van der Waals surface area (Å²) in [6.45, 7) is 14.9. The molecule has 2 N–H and O–H groups in total. The number of fused-ring (bicyclic) bond motifs is 4. The fourth-order valence-electron chi connectivity index (χ4n) is 11.6. The number of aliphatic hydroxyl groups is 1. The van der Waals surface area contributed by atoms with Gasteiger partial charge in [0.15, 0.2) is 0 Å². The summed E-state index contributed by atoms with van der Waals surface area (Å²) in [5.74, 6) is 2.14. The van der Waals surface area contributed by atoms with Gasteiger partial charge in [0.2, 0.25) is 0 Å². The van der Waals surface area contributed by atoms with Gasteiger partial charge in [0.1, 0.15) is 12.0 Å². The van der Waals surface area contributed by atoms with Crippen molar-refractivity contribution in [2.75, 3.05) is 20.7 Å². The molecule has 0 aromatic carbocycles. The monoisotopic (exact) mass is 486 g/mol. The molecule has 1 aliphatic heterocycles. The Morgan fingerprint density at radius 2 is 1.74 bits per heavy atom. The van der Waals surface area contributed by atoms with Gasteiger partial charge < -0.3 is 14.7 Å². The zero-order valence-corrected chi connectivity index (χ0v) is 23.5. The molecule has 0 aromatic rings. The molecule has 6 fully saturated rings. The van der Waals surface area contributed by atoms with Crippen LogP contribution in [0.3, 0.4) is 0 Å². The molecule has 6 rings (SSSR count). The van der Waals surface area contributed by atoms with Crippen molar-refractivity contribution in [2.45, 2.75) is 111 Å². The Morgan fingerprint density at radius 1 is 1.06 bits per heavy atom. The largest absolute Gasteiger partial charge is 0.393 e. The summed E-state index contributed by atoms with van der Waals surface area (Å²) >= 11 is 0. The Balaban J connectivity index is 1.36. The van der Waals surface area contributed by atoms with Crippen LogP contribution in [-0.2, 0) is 9.53 Å². The average molecular weight is 487 g/mol. The molecule has 1 saturated heterocycles. The summed E-state index contributed by atoms with van der Waals surface area (Å²) < 4.78 is 6.43. The lowest BCUT2D eigenvalue weighted by atomic mass is 9.41. The van der Waals surface area contributed by atoms with Crippen LogP contribution in [0.15, 0.2) is 0 Å². The number of hydrogen-bond acceptors (Lipinski definition) is 5. The Bertz CT molecular complexity index is 921. The van der Waals surface area contributed by atoms with E-state index in [1.165, 1.54) is 12.8 Å². The van der Waals surface area contributed by atoms with Crippen LogP contribution >= 0.6 is 0 Å². The number of ether oxygens (including phenoxy) is 1. The summed E-state index contributed by atoms with van der Waals surface area (Å²) in [6.07, 6.45) is 7.12. The highest BCUT2D eigenvalue weighted by Crippen LogP contribution is 2.88. The first-order valence-corrected chi connectivity index (χ1v) is 14.5. The number of Topliss-reactive ketones (excluding diaryl/α,β-unsaturated/α-hetero) is 1. The molecule has 0 amide bonds. The van der Waals surface area contributed by atoms with Gasteiger partial charge >= 0.3 is 0 Å². The van der Waals surface area contributed by atoms with Crippen LogP contribution in [0.4, 0.5) is 0 Å². The highest BCUT2D eigenvalue weighted by Gasteiger charge is 2.86. The van der Waals surface area contributed by atoms with E-state index in [1.807, 2.05) is 0 Å². The zero-order valence-electron chi connectivity index (χ0n) is 23.5. The Kier molecular flexibility index (Phi) is 5.20. The minimum Gasteiger partial charge on any atom is -0.393 e. The molecule has 12 atom stereocenters. The van der Waals surface area contributed by atoms with Gasteiger partial charge in [0.25, 0.3) is 0 Å². The standard InChI is InChI=1S/C30H50N2O3/c1-17(2)25-31-22-11-12-29-15-30(29)21(10-9-20(29)26(22,4)16-35-25)27(5)13-19(33)24(18(3)32(7)8)28(27,6)14-23(30)34/h17-22,24-25,31,33H,9-16H2,1-8H3/t18-,19+,20-,21-,22-,24-,25-,26-,27-,28+,29?,30-/m0/s1. The van der Waals surface area contributed by atoms with Gasteiger partial charge in [-0.05, 0) is 93.5 Å². The first kappa shape index (κ1) is 24.8. The molecule has 35 heavy (non-hydrogen) atoms. The molecule has 0 radical (unpaired) electrons. The van der Waals surface area contributed by atoms with Crippen LogP contribution in [0.5, 0.6) is 0 Å². The van der Waals surface area contributed by atoms with Crippen LogP contribution in [0.2, 0.25) is 0 Å². The van der Waals surface area contributed by atoms with Crippen LogP contribution in [0.25, 0.3) is 0 Å². The van der Waals surface area contributed by atoms with Crippen molar-refractivity contribution < 1.29 is 14.6 Å². The van der Waals surface area contributed by atoms with Crippen molar-refractivity contribution >= 4 is 5.78 Å². The average Bonchev–Trinajstić information content (AvgIpc) is 3.41. The maximum atomic E-state index is 14.4. The third-order valence-electron chi connectivity index (χ3n) is 13.6. The van der Waals surface area contributed by atoms with Crippen molar-refractivity contribution in [3.05, 3.63) is 0 Å². The fourth-order valence-corrected chi connectivity index (χ4v) is 11.6. The van der Waals surface area contributed by atoms with Gasteiger partial charge in [-0.2, -0.15) is 0 Å². The third-order valence-corrected chi connectivity index (χ3v) is 13.6. The molecule has 0 aromatic heterocycles. The van der Waals surface area contributed by atoms with E-state index in [1.54, 1.807) is 0 Å². The quantitative estimate of drug-likeness (QED) is 0.616. The predicted molar refractivity (Wildman–Crippen MR) is 138 cm³/mol. The summed E-state index contributed by atoms with van der Waals surface area (Å²) in [5, 5.41) is 15.4. The third kappa shape index (κ3) is 2.72.